The molecule has 28 heavy (non-hydrogen) atoms. The molecule has 0 N–H and O–H groups in total. The molecule has 3 aromatic carbocycles. The van der Waals surface area contributed by atoms with Gasteiger partial charge in [-0.1, -0.05) is 60.7 Å². The summed E-state index contributed by atoms with van der Waals surface area (Å²) in [5.41, 5.74) is 5.79. The van der Waals surface area contributed by atoms with Crippen molar-refractivity contribution in [1.29, 1.82) is 0 Å². The Morgan fingerprint density at radius 2 is 1.57 bits per heavy atom. The number of hydrogen-bond donors (Lipinski definition) is 0. The summed E-state index contributed by atoms with van der Waals surface area (Å²) in [7, 11) is 1.47. The lowest BCUT2D eigenvalue weighted by molar-refractivity contribution is -0.145. The second kappa shape index (κ2) is 6.88. The zero-order valence-electron chi connectivity index (χ0n) is 15.5. The van der Waals surface area contributed by atoms with Crippen molar-refractivity contribution in [3.8, 4) is 11.1 Å². The Morgan fingerprint density at radius 3 is 2.21 bits per heavy atom. The predicted molar refractivity (Wildman–Crippen MR) is 113 cm³/mol. The lowest BCUT2D eigenvalue weighted by atomic mass is 9.82. The molecular weight excluding hydrogens is 366 g/mol. The number of hydrogen-bond acceptors (Lipinski definition) is 4. The largest absolute Gasteiger partial charge is 0.469 e. The molecule has 4 heteroatoms. The second-order valence-corrected chi connectivity index (χ2v) is 8.18. The second-order valence-electron chi connectivity index (χ2n) is 7.06. The molecule has 1 heterocycles. The van der Waals surface area contributed by atoms with Crippen molar-refractivity contribution in [1.82, 2.24) is 4.98 Å². The number of nitrogens with zero attached hydrogens (tertiary/aromatic N) is 1. The summed E-state index contributed by atoms with van der Waals surface area (Å²) >= 11 is 1.66. The Balaban J connectivity index is 1.61. The SMILES string of the molecule is COC(=O)[C@H](Cc1nc2ccccc2s1)C1c2ccccc2-c2ccccc21. The quantitative estimate of drug-likeness (QED) is 0.439. The summed E-state index contributed by atoms with van der Waals surface area (Å²) in [4.78, 5) is 17.7. The molecule has 0 saturated heterocycles. The minimum atomic E-state index is -0.310. The van der Waals surface area contributed by atoms with Gasteiger partial charge in [0.15, 0.2) is 0 Å². The zero-order chi connectivity index (χ0) is 19.1. The van der Waals surface area contributed by atoms with Crippen LogP contribution < -0.4 is 0 Å². The molecule has 138 valence electrons. The van der Waals surface area contributed by atoms with E-state index >= 15 is 0 Å². The summed E-state index contributed by atoms with van der Waals surface area (Å²) < 4.78 is 6.39. The Labute approximate surface area is 167 Å². The third-order valence-electron chi connectivity index (χ3n) is 5.52. The normalized spacial score (nSPS) is 13.9. The Morgan fingerprint density at radius 1 is 0.964 bits per heavy atom. The Kier molecular flexibility index (Phi) is 4.21. The molecule has 0 unspecified atom stereocenters. The molecule has 0 saturated carbocycles. The minimum absolute atomic E-state index is 0.0214. The van der Waals surface area contributed by atoms with Crippen LogP contribution in [0.15, 0.2) is 72.8 Å². The average Bonchev–Trinajstić information content (AvgIpc) is 3.30. The van der Waals surface area contributed by atoms with Gasteiger partial charge in [-0.2, -0.15) is 0 Å². The third kappa shape index (κ3) is 2.72. The van der Waals surface area contributed by atoms with Crippen molar-refractivity contribution < 1.29 is 9.53 Å². The van der Waals surface area contributed by atoms with E-state index in [9.17, 15) is 4.79 Å². The van der Waals surface area contributed by atoms with Crippen LogP contribution in [-0.2, 0) is 16.0 Å². The molecule has 0 bridgehead atoms. The molecule has 4 aromatic rings. The maximum atomic E-state index is 12.9. The first-order valence-electron chi connectivity index (χ1n) is 9.37. The maximum absolute atomic E-state index is 12.9. The average molecular weight is 385 g/mol. The molecule has 0 spiro atoms. The topological polar surface area (TPSA) is 39.2 Å². The number of ether oxygens (including phenoxy) is 1. The van der Waals surface area contributed by atoms with Crippen LogP contribution >= 0.6 is 11.3 Å². The van der Waals surface area contributed by atoms with Crippen LogP contribution in [0, 0.1) is 5.92 Å². The van der Waals surface area contributed by atoms with Crippen LogP contribution in [0.3, 0.4) is 0 Å². The highest BCUT2D eigenvalue weighted by Gasteiger charge is 2.39. The van der Waals surface area contributed by atoms with E-state index in [0.29, 0.717) is 6.42 Å². The van der Waals surface area contributed by atoms with Gasteiger partial charge in [0.1, 0.15) is 0 Å². The monoisotopic (exact) mass is 385 g/mol. The van der Waals surface area contributed by atoms with Gasteiger partial charge in [-0.25, -0.2) is 4.98 Å². The standard InChI is InChI=1S/C24H19NO2S/c1-27-24(26)19(14-22-25-20-12-6-7-13-21(20)28-22)23-17-10-4-2-8-15(17)16-9-3-5-11-18(16)23/h2-13,19,23H,14H2,1H3/t19-/m1/s1. The van der Waals surface area contributed by atoms with Gasteiger partial charge in [0.2, 0.25) is 0 Å². The van der Waals surface area contributed by atoms with Gasteiger partial charge in [-0.15, -0.1) is 11.3 Å². The first-order chi connectivity index (χ1) is 13.8. The first kappa shape index (κ1) is 17.1. The number of methoxy groups -OCH3 is 1. The number of fused-ring (bicyclic) bond motifs is 4. The molecule has 0 radical (unpaired) electrons. The van der Waals surface area contributed by atoms with Crippen LogP contribution in [0.2, 0.25) is 0 Å². The molecule has 1 aliphatic carbocycles. The molecule has 1 aliphatic rings. The summed E-state index contributed by atoms with van der Waals surface area (Å²) in [6, 6.07) is 24.8. The number of thiazole rings is 1. The smallest absolute Gasteiger partial charge is 0.310 e. The van der Waals surface area contributed by atoms with Gasteiger partial charge in [0.05, 0.1) is 28.3 Å². The number of carbonyl (C=O) groups excluding carboxylic acids is 1. The lowest BCUT2D eigenvalue weighted by Gasteiger charge is -2.22. The van der Waals surface area contributed by atoms with E-state index in [-0.39, 0.29) is 17.8 Å². The number of rotatable bonds is 4. The highest BCUT2D eigenvalue weighted by Crippen LogP contribution is 2.49. The summed E-state index contributed by atoms with van der Waals surface area (Å²) in [6.07, 6.45) is 0.569. The van der Waals surface area contributed by atoms with E-state index in [1.807, 2.05) is 30.3 Å². The van der Waals surface area contributed by atoms with Crippen LogP contribution in [0.1, 0.15) is 22.1 Å². The fourth-order valence-electron chi connectivity index (χ4n) is 4.31. The fourth-order valence-corrected chi connectivity index (χ4v) is 5.34. The van der Waals surface area contributed by atoms with Crippen LogP contribution in [0.25, 0.3) is 21.3 Å². The van der Waals surface area contributed by atoms with E-state index in [2.05, 4.69) is 42.5 Å². The first-order valence-corrected chi connectivity index (χ1v) is 10.2. The predicted octanol–water partition coefficient (Wildman–Crippen LogP) is 5.44. The number of para-hydroxylation sites is 1. The highest BCUT2D eigenvalue weighted by atomic mass is 32.1. The highest BCUT2D eigenvalue weighted by molar-refractivity contribution is 7.18. The Bertz CT molecular complexity index is 1100. The lowest BCUT2D eigenvalue weighted by Crippen LogP contribution is -2.25. The van der Waals surface area contributed by atoms with Gasteiger partial charge in [-0.05, 0) is 34.4 Å². The van der Waals surface area contributed by atoms with Gasteiger partial charge < -0.3 is 4.74 Å². The maximum Gasteiger partial charge on any atom is 0.310 e. The van der Waals surface area contributed by atoms with Gasteiger partial charge in [-0.3, -0.25) is 4.79 Å². The molecule has 3 nitrogen and oxygen atoms in total. The van der Waals surface area contributed by atoms with Crippen molar-refractivity contribution in [3.63, 3.8) is 0 Å². The van der Waals surface area contributed by atoms with Crippen molar-refractivity contribution in [2.24, 2.45) is 5.92 Å². The van der Waals surface area contributed by atoms with Gasteiger partial charge in [0.25, 0.3) is 0 Å². The summed E-state index contributed by atoms with van der Waals surface area (Å²) in [5, 5.41) is 0.971. The number of esters is 1. The van der Waals surface area contributed by atoms with Crippen molar-refractivity contribution in [2.45, 2.75) is 12.3 Å². The molecule has 0 fully saturated rings. The van der Waals surface area contributed by atoms with Crippen molar-refractivity contribution in [3.05, 3.63) is 88.9 Å². The Hall–Kier alpha value is -2.98. The third-order valence-corrected chi connectivity index (χ3v) is 6.58. The van der Waals surface area contributed by atoms with Gasteiger partial charge in [0, 0.05) is 12.3 Å². The summed E-state index contributed by atoms with van der Waals surface area (Å²) in [6.45, 7) is 0. The summed E-state index contributed by atoms with van der Waals surface area (Å²) in [5.74, 6) is -0.516. The van der Waals surface area contributed by atoms with Crippen LogP contribution in [-0.4, -0.2) is 18.1 Å². The van der Waals surface area contributed by atoms with Crippen LogP contribution in [0.4, 0.5) is 0 Å². The van der Waals surface area contributed by atoms with Crippen molar-refractivity contribution in [2.75, 3.05) is 7.11 Å². The fraction of sp³-hybridized carbons (Fsp3) is 0.167. The molecule has 5 rings (SSSR count). The number of aromatic nitrogens is 1. The molecule has 1 atom stereocenters. The van der Waals surface area contributed by atoms with E-state index in [4.69, 9.17) is 9.72 Å². The molecule has 0 amide bonds. The van der Waals surface area contributed by atoms with Crippen LogP contribution in [0.5, 0.6) is 0 Å². The van der Waals surface area contributed by atoms with E-state index in [1.165, 1.54) is 29.4 Å². The minimum Gasteiger partial charge on any atom is -0.469 e. The number of benzene rings is 3. The molecule has 1 aromatic heterocycles. The zero-order valence-corrected chi connectivity index (χ0v) is 16.3. The number of carbonyl (C=O) groups is 1. The van der Waals surface area contributed by atoms with Gasteiger partial charge >= 0.3 is 5.97 Å². The van der Waals surface area contributed by atoms with E-state index in [1.54, 1.807) is 11.3 Å². The molecule has 0 aliphatic heterocycles. The molecular formula is C24H19NO2S. The van der Waals surface area contributed by atoms with Crippen molar-refractivity contribution >= 4 is 27.5 Å². The van der Waals surface area contributed by atoms with E-state index < -0.39 is 0 Å². The van der Waals surface area contributed by atoms with E-state index in [0.717, 1.165) is 15.2 Å².